The Balaban J connectivity index is 2.72. The predicted molar refractivity (Wildman–Crippen MR) is 73.1 cm³/mol. The molecular formula is C13H18N4O3. The number of rotatable bonds is 7. The van der Waals surface area contributed by atoms with Crippen molar-refractivity contribution in [2.75, 3.05) is 13.1 Å². The van der Waals surface area contributed by atoms with Crippen molar-refractivity contribution in [2.24, 2.45) is 17.2 Å². The lowest BCUT2D eigenvalue weighted by atomic mass is 10.1. The van der Waals surface area contributed by atoms with E-state index >= 15 is 0 Å². The highest BCUT2D eigenvalue weighted by atomic mass is 16.2. The van der Waals surface area contributed by atoms with Gasteiger partial charge in [-0.1, -0.05) is 30.3 Å². The maximum atomic E-state index is 12.1. The zero-order valence-electron chi connectivity index (χ0n) is 11.0. The van der Waals surface area contributed by atoms with Crippen molar-refractivity contribution >= 4 is 17.7 Å². The first-order valence-corrected chi connectivity index (χ1v) is 6.05. The topological polar surface area (TPSA) is 133 Å². The third-order valence-corrected chi connectivity index (χ3v) is 2.62. The van der Waals surface area contributed by atoms with Crippen LogP contribution < -0.4 is 17.2 Å². The van der Waals surface area contributed by atoms with Crippen molar-refractivity contribution in [1.82, 2.24) is 4.90 Å². The molecule has 0 unspecified atom stereocenters. The van der Waals surface area contributed by atoms with Gasteiger partial charge in [-0.3, -0.25) is 14.4 Å². The number of primary amides is 2. The van der Waals surface area contributed by atoms with Crippen LogP contribution in [0, 0.1) is 0 Å². The molecule has 7 heteroatoms. The second kappa shape index (κ2) is 7.25. The summed E-state index contributed by atoms with van der Waals surface area (Å²) < 4.78 is 0. The van der Waals surface area contributed by atoms with E-state index in [9.17, 15) is 14.4 Å². The standard InChI is InChI=1S/C13H18N4O3/c14-10(6-9-4-2-1-3-5-9)13(20)17(7-11(15)18)8-12(16)19/h1-5,10H,6-8,14H2,(H2,15,18)(H2,16,19)/t10-/m1/s1. The Hall–Kier alpha value is -2.41. The number of hydrogen-bond acceptors (Lipinski definition) is 4. The molecule has 1 aromatic rings. The van der Waals surface area contributed by atoms with Crippen LogP contribution in [0.25, 0.3) is 0 Å². The second-order valence-corrected chi connectivity index (χ2v) is 4.42. The van der Waals surface area contributed by atoms with E-state index in [0.29, 0.717) is 6.42 Å². The van der Waals surface area contributed by atoms with Gasteiger partial charge in [0.25, 0.3) is 0 Å². The molecular weight excluding hydrogens is 260 g/mol. The van der Waals surface area contributed by atoms with E-state index < -0.39 is 23.8 Å². The van der Waals surface area contributed by atoms with E-state index in [2.05, 4.69) is 0 Å². The summed E-state index contributed by atoms with van der Waals surface area (Å²) in [5, 5.41) is 0. The monoisotopic (exact) mass is 278 g/mol. The minimum absolute atomic E-state index is 0.299. The molecule has 20 heavy (non-hydrogen) atoms. The Kier molecular flexibility index (Phi) is 5.67. The van der Waals surface area contributed by atoms with Gasteiger partial charge < -0.3 is 22.1 Å². The average molecular weight is 278 g/mol. The predicted octanol–water partition coefficient (Wildman–Crippen LogP) is -1.64. The molecule has 0 heterocycles. The van der Waals surface area contributed by atoms with Gasteiger partial charge in [0.2, 0.25) is 17.7 Å². The van der Waals surface area contributed by atoms with Crippen molar-refractivity contribution in [3.63, 3.8) is 0 Å². The van der Waals surface area contributed by atoms with Gasteiger partial charge >= 0.3 is 0 Å². The molecule has 0 aromatic heterocycles. The van der Waals surface area contributed by atoms with Gasteiger partial charge in [0, 0.05) is 0 Å². The third kappa shape index (κ3) is 5.07. The van der Waals surface area contributed by atoms with E-state index in [1.54, 1.807) is 0 Å². The molecule has 0 spiro atoms. The third-order valence-electron chi connectivity index (χ3n) is 2.62. The molecule has 0 saturated carbocycles. The van der Waals surface area contributed by atoms with E-state index in [1.807, 2.05) is 30.3 Å². The smallest absolute Gasteiger partial charge is 0.240 e. The highest BCUT2D eigenvalue weighted by Gasteiger charge is 2.23. The average Bonchev–Trinajstić information content (AvgIpc) is 2.37. The zero-order valence-corrected chi connectivity index (χ0v) is 11.0. The van der Waals surface area contributed by atoms with Gasteiger partial charge in [0.15, 0.2) is 0 Å². The van der Waals surface area contributed by atoms with Crippen LogP contribution in [0.4, 0.5) is 0 Å². The van der Waals surface area contributed by atoms with Crippen molar-refractivity contribution in [1.29, 1.82) is 0 Å². The molecule has 0 aliphatic rings. The summed E-state index contributed by atoms with van der Waals surface area (Å²) in [4.78, 5) is 34.9. The van der Waals surface area contributed by atoms with Crippen LogP contribution in [-0.4, -0.2) is 41.8 Å². The molecule has 0 radical (unpaired) electrons. The van der Waals surface area contributed by atoms with E-state index in [1.165, 1.54) is 0 Å². The van der Waals surface area contributed by atoms with Crippen molar-refractivity contribution in [2.45, 2.75) is 12.5 Å². The molecule has 1 rings (SSSR count). The minimum atomic E-state index is -0.865. The number of hydrogen-bond donors (Lipinski definition) is 3. The largest absolute Gasteiger partial charge is 0.368 e. The summed E-state index contributed by atoms with van der Waals surface area (Å²) in [6.45, 7) is -0.769. The summed E-state index contributed by atoms with van der Waals surface area (Å²) in [7, 11) is 0. The lowest BCUT2D eigenvalue weighted by Gasteiger charge is -2.23. The van der Waals surface area contributed by atoms with Gasteiger partial charge in [0.05, 0.1) is 19.1 Å². The van der Waals surface area contributed by atoms with Gasteiger partial charge in [0.1, 0.15) is 0 Å². The van der Waals surface area contributed by atoms with Crippen LogP contribution in [-0.2, 0) is 20.8 Å². The molecule has 1 aromatic carbocycles. The van der Waals surface area contributed by atoms with Crippen molar-refractivity contribution in [3.8, 4) is 0 Å². The van der Waals surface area contributed by atoms with E-state index in [0.717, 1.165) is 10.5 Å². The Morgan fingerprint density at radius 1 is 1.00 bits per heavy atom. The molecule has 0 saturated heterocycles. The lowest BCUT2D eigenvalue weighted by molar-refractivity contribution is -0.139. The van der Waals surface area contributed by atoms with E-state index in [4.69, 9.17) is 17.2 Å². The number of carbonyl (C=O) groups is 3. The van der Waals surface area contributed by atoms with Gasteiger partial charge in [-0.05, 0) is 12.0 Å². The number of benzene rings is 1. The number of carbonyl (C=O) groups excluding carboxylic acids is 3. The Morgan fingerprint density at radius 2 is 1.50 bits per heavy atom. The maximum absolute atomic E-state index is 12.1. The number of nitrogens with two attached hydrogens (primary N) is 3. The van der Waals surface area contributed by atoms with Crippen LogP contribution in [0.5, 0.6) is 0 Å². The molecule has 0 aliphatic heterocycles. The molecule has 0 bridgehead atoms. The zero-order chi connectivity index (χ0) is 15.1. The summed E-state index contributed by atoms with van der Waals surface area (Å²) in [5.41, 5.74) is 16.8. The SMILES string of the molecule is NC(=O)CN(CC(N)=O)C(=O)[C@H](N)Cc1ccccc1. The summed E-state index contributed by atoms with van der Waals surface area (Å²) >= 11 is 0. The molecule has 3 amide bonds. The van der Waals surface area contributed by atoms with Gasteiger partial charge in [-0.25, -0.2) is 0 Å². The number of amides is 3. The van der Waals surface area contributed by atoms with E-state index in [-0.39, 0.29) is 13.1 Å². The summed E-state index contributed by atoms with van der Waals surface area (Å²) in [6.07, 6.45) is 0.299. The minimum Gasteiger partial charge on any atom is -0.368 e. The molecule has 0 aliphatic carbocycles. The van der Waals surface area contributed by atoms with Gasteiger partial charge in [-0.2, -0.15) is 0 Å². The van der Waals surface area contributed by atoms with Crippen LogP contribution in [0.15, 0.2) is 30.3 Å². The first kappa shape index (κ1) is 15.6. The number of nitrogens with zero attached hydrogens (tertiary/aromatic N) is 1. The molecule has 0 fully saturated rings. The quantitative estimate of drug-likeness (QED) is 0.551. The van der Waals surface area contributed by atoms with Crippen LogP contribution in [0.3, 0.4) is 0 Å². The highest BCUT2D eigenvalue weighted by molar-refractivity contribution is 5.90. The fourth-order valence-corrected chi connectivity index (χ4v) is 1.78. The maximum Gasteiger partial charge on any atom is 0.240 e. The molecule has 7 nitrogen and oxygen atoms in total. The van der Waals surface area contributed by atoms with Crippen LogP contribution in [0.2, 0.25) is 0 Å². The summed E-state index contributed by atoms with van der Waals surface area (Å²) in [5.74, 6) is -2.00. The van der Waals surface area contributed by atoms with Crippen LogP contribution in [0.1, 0.15) is 5.56 Å². The highest BCUT2D eigenvalue weighted by Crippen LogP contribution is 2.04. The first-order valence-electron chi connectivity index (χ1n) is 6.05. The Labute approximate surface area is 116 Å². The van der Waals surface area contributed by atoms with Crippen LogP contribution >= 0.6 is 0 Å². The van der Waals surface area contributed by atoms with Crippen molar-refractivity contribution < 1.29 is 14.4 Å². The lowest BCUT2D eigenvalue weighted by Crippen LogP contribution is -2.50. The Morgan fingerprint density at radius 3 is 1.95 bits per heavy atom. The normalized spacial score (nSPS) is 11.7. The molecule has 1 atom stereocenters. The fraction of sp³-hybridized carbons (Fsp3) is 0.308. The first-order chi connectivity index (χ1) is 9.40. The van der Waals surface area contributed by atoms with Gasteiger partial charge in [-0.15, -0.1) is 0 Å². The summed E-state index contributed by atoms with van der Waals surface area (Å²) in [6, 6.07) is 8.31. The Bertz CT molecular complexity index is 474. The van der Waals surface area contributed by atoms with Crippen molar-refractivity contribution in [3.05, 3.63) is 35.9 Å². The second-order valence-electron chi connectivity index (χ2n) is 4.42. The molecule has 6 N–H and O–H groups in total. The molecule has 108 valence electrons. The fourth-order valence-electron chi connectivity index (χ4n) is 1.78.